The van der Waals surface area contributed by atoms with E-state index in [0.717, 1.165) is 5.56 Å². The summed E-state index contributed by atoms with van der Waals surface area (Å²) in [4.78, 5) is 12.2. The van der Waals surface area contributed by atoms with Gasteiger partial charge in [0.2, 0.25) is 5.91 Å². The quantitative estimate of drug-likeness (QED) is 0.901. The van der Waals surface area contributed by atoms with Crippen LogP contribution in [0.25, 0.3) is 0 Å². The van der Waals surface area contributed by atoms with Crippen molar-refractivity contribution in [2.24, 2.45) is 11.3 Å². The van der Waals surface area contributed by atoms with Crippen LogP contribution in [0.3, 0.4) is 0 Å². The molecule has 0 unspecified atom stereocenters. The summed E-state index contributed by atoms with van der Waals surface area (Å²) in [7, 11) is 0. The Labute approximate surface area is 129 Å². The minimum atomic E-state index is -0.712. The number of rotatable bonds is 3. The highest BCUT2D eigenvalue weighted by atomic mass is 35.5. The molecule has 0 radical (unpaired) electrons. The van der Waals surface area contributed by atoms with Crippen molar-refractivity contribution in [3.05, 3.63) is 33.8 Å². The van der Waals surface area contributed by atoms with Crippen molar-refractivity contribution in [3.63, 3.8) is 0 Å². The molecule has 0 spiro atoms. The molecule has 0 saturated heterocycles. The minimum absolute atomic E-state index is 0.287. The Hall–Kier alpha value is -1.24. The van der Waals surface area contributed by atoms with Gasteiger partial charge in [0, 0.05) is 10.0 Å². The SMILES string of the molecule is C[C@@H](NC(=O)[C@H](C#N)C(C)(C)C)c1ccc(Cl)cc1Cl. The van der Waals surface area contributed by atoms with Crippen LogP contribution in [0, 0.1) is 22.7 Å². The van der Waals surface area contributed by atoms with Crippen molar-refractivity contribution in [1.29, 1.82) is 5.26 Å². The number of nitriles is 1. The zero-order chi connectivity index (χ0) is 15.5. The summed E-state index contributed by atoms with van der Waals surface area (Å²) in [5.74, 6) is -1.01. The molecule has 0 aliphatic heterocycles. The van der Waals surface area contributed by atoms with Crippen LogP contribution in [0.4, 0.5) is 0 Å². The summed E-state index contributed by atoms with van der Waals surface area (Å²) < 4.78 is 0. The van der Waals surface area contributed by atoms with Crippen LogP contribution in [-0.4, -0.2) is 5.91 Å². The maximum absolute atomic E-state index is 12.2. The lowest BCUT2D eigenvalue weighted by atomic mass is 9.81. The van der Waals surface area contributed by atoms with Crippen LogP contribution < -0.4 is 5.32 Å². The lowest BCUT2D eigenvalue weighted by Crippen LogP contribution is -2.38. The van der Waals surface area contributed by atoms with Gasteiger partial charge in [-0.15, -0.1) is 0 Å². The summed E-state index contributed by atoms with van der Waals surface area (Å²) in [6.07, 6.45) is 0. The average Bonchev–Trinajstić information content (AvgIpc) is 2.27. The normalized spacial score (nSPS) is 14.2. The topological polar surface area (TPSA) is 52.9 Å². The van der Waals surface area contributed by atoms with Gasteiger partial charge in [0.1, 0.15) is 5.92 Å². The first-order chi connectivity index (χ1) is 9.16. The minimum Gasteiger partial charge on any atom is -0.348 e. The zero-order valence-corrected chi connectivity index (χ0v) is 13.5. The van der Waals surface area contributed by atoms with Crippen LogP contribution in [0.15, 0.2) is 18.2 Å². The predicted molar refractivity (Wildman–Crippen MR) is 81.6 cm³/mol. The van der Waals surface area contributed by atoms with Crippen LogP contribution in [-0.2, 0) is 4.79 Å². The number of hydrogen-bond donors (Lipinski definition) is 1. The molecule has 2 atom stereocenters. The van der Waals surface area contributed by atoms with Crippen molar-refractivity contribution >= 4 is 29.1 Å². The summed E-state index contributed by atoms with van der Waals surface area (Å²) in [5, 5.41) is 13.0. The molecule has 3 nitrogen and oxygen atoms in total. The molecule has 0 fully saturated rings. The molecule has 1 amide bonds. The predicted octanol–water partition coefficient (Wildman–Crippen LogP) is 4.36. The van der Waals surface area contributed by atoms with Crippen LogP contribution >= 0.6 is 23.2 Å². The average molecular weight is 313 g/mol. The third-order valence-electron chi connectivity index (χ3n) is 3.05. The van der Waals surface area contributed by atoms with Gasteiger partial charge >= 0.3 is 0 Å². The van der Waals surface area contributed by atoms with Gasteiger partial charge in [-0.1, -0.05) is 50.0 Å². The van der Waals surface area contributed by atoms with Crippen molar-refractivity contribution < 1.29 is 4.79 Å². The molecule has 1 rings (SSSR count). The van der Waals surface area contributed by atoms with Crippen molar-refractivity contribution in [1.82, 2.24) is 5.32 Å². The van der Waals surface area contributed by atoms with Crippen LogP contribution in [0.5, 0.6) is 0 Å². The van der Waals surface area contributed by atoms with E-state index in [1.165, 1.54) is 0 Å². The molecule has 0 aliphatic carbocycles. The summed E-state index contributed by atoms with van der Waals surface area (Å²) in [6.45, 7) is 7.41. The molecule has 0 aromatic heterocycles. The highest BCUT2D eigenvalue weighted by Gasteiger charge is 2.32. The smallest absolute Gasteiger partial charge is 0.238 e. The summed E-state index contributed by atoms with van der Waals surface area (Å²) in [6, 6.07) is 6.89. The Morgan fingerprint density at radius 2 is 1.95 bits per heavy atom. The zero-order valence-electron chi connectivity index (χ0n) is 12.0. The van der Waals surface area contributed by atoms with E-state index in [9.17, 15) is 4.79 Å². The second-order valence-electron chi connectivity index (χ2n) is 5.82. The Bertz CT molecular complexity index is 544. The first kappa shape index (κ1) is 16.8. The highest BCUT2D eigenvalue weighted by molar-refractivity contribution is 6.35. The Morgan fingerprint density at radius 3 is 2.40 bits per heavy atom. The number of carbonyl (C=O) groups excluding carboxylic acids is 1. The molecule has 0 aliphatic rings. The third-order valence-corrected chi connectivity index (χ3v) is 3.61. The van der Waals surface area contributed by atoms with E-state index in [-0.39, 0.29) is 11.9 Å². The lowest BCUT2D eigenvalue weighted by Gasteiger charge is -2.25. The number of benzene rings is 1. The van der Waals surface area contributed by atoms with E-state index in [1.54, 1.807) is 18.2 Å². The second kappa shape index (κ2) is 6.47. The van der Waals surface area contributed by atoms with Gasteiger partial charge < -0.3 is 5.32 Å². The fraction of sp³-hybridized carbons (Fsp3) is 0.467. The molecular weight excluding hydrogens is 295 g/mol. The fourth-order valence-corrected chi connectivity index (χ4v) is 2.44. The van der Waals surface area contributed by atoms with E-state index in [2.05, 4.69) is 11.4 Å². The van der Waals surface area contributed by atoms with Gasteiger partial charge in [-0.25, -0.2) is 0 Å². The van der Waals surface area contributed by atoms with Crippen LogP contribution in [0.2, 0.25) is 10.0 Å². The van der Waals surface area contributed by atoms with E-state index in [4.69, 9.17) is 28.5 Å². The number of hydrogen-bond acceptors (Lipinski definition) is 2. The van der Waals surface area contributed by atoms with Gasteiger partial charge in [0.05, 0.1) is 12.1 Å². The molecule has 5 heteroatoms. The first-order valence-corrected chi connectivity index (χ1v) is 7.07. The Morgan fingerprint density at radius 1 is 1.35 bits per heavy atom. The third kappa shape index (κ3) is 4.13. The monoisotopic (exact) mass is 312 g/mol. The standard InChI is InChI=1S/C15H18Cl2N2O/c1-9(11-6-5-10(16)7-13(11)17)19-14(20)12(8-18)15(2,3)4/h5-7,9,12H,1-4H3,(H,19,20)/t9-,12+/m1/s1. The van der Waals surface area contributed by atoms with Gasteiger partial charge in [0.25, 0.3) is 0 Å². The Balaban J connectivity index is 2.88. The molecule has 1 aromatic carbocycles. The lowest BCUT2D eigenvalue weighted by molar-refractivity contribution is -0.126. The van der Waals surface area contributed by atoms with Crippen molar-refractivity contribution in [2.45, 2.75) is 33.7 Å². The van der Waals surface area contributed by atoms with E-state index in [1.807, 2.05) is 27.7 Å². The van der Waals surface area contributed by atoms with Crippen LogP contribution in [0.1, 0.15) is 39.3 Å². The van der Waals surface area contributed by atoms with E-state index >= 15 is 0 Å². The molecule has 0 bridgehead atoms. The number of carbonyl (C=O) groups is 1. The molecular formula is C15H18Cl2N2O. The number of amides is 1. The summed E-state index contributed by atoms with van der Waals surface area (Å²) >= 11 is 12.0. The first-order valence-electron chi connectivity index (χ1n) is 6.31. The second-order valence-corrected chi connectivity index (χ2v) is 6.67. The van der Waals surface area contributed by atoms with E-state index in [0.29, 0.717) is 10.0 Å². The van der Waals surface area contributed by atoms with Gasteiger partial charge in [-0.05, 0) is 30.0 Å². The molecule has 20 heavy (non-hydrogen) atoms. The maximum atomic E-state index is 12.2. The number of nitrogens with one attached hydrogen (secondary N) is 1. The van der Waals surface area contributed by atoms with Crippen molar-refractivity contribution in [3.8, 4) is 6.07 Å². The molecule has 1 aromatic rings. The van der Waals surface area contributed by atoms with Gasteiger partial charge in [-0.3, -0.25) is 4.79 Å². The van der Waals surface area contributed by atoms with Gasteiger partial charge in [-0.2, -0.15) is 5.26 Å². The fourth-order valence-electron chi connectivity index (χ4n) is 1.87. The maximum Gasteiger partial charge on any atom is 0.238 e. The van der Waals surface area contributed by atoms with E-state index < -0.39 is 11.3 Å². The molecule has 108 valence electrons. The number of halogens is 2. The molecule has 0 heterocycles. The largest absolute Gasteiger partial charge is 0.348 e. The van der Waals surface area contributed by atoms with Gasteiger partial charge in [0.15, 0.2) is 0 Å². The Kier molecular flexibility index (Phi) is 5.44. The highest BCUT2D eigenvalue weighted by Crippen LogP contribution is 2.29. The van der Waals surface area contributed by atoms with Crippen molar-refractivity contribution in [2.75, 3.05) is 0 Å². The summed E-state index contributed by atoms with van der Waals surface area (Å²) in [5.41, 5.74) is 0.359. The molecule has 1 N–H and O–H groups in total. The molecule has 0 saturated carbocycles. The number of nitrogens with zero attached hydrogens (tertiary/aromatic N) is 1.